The third-order valence-corrected chi connectivity index (χ3v) is 2.52. The van der Waals surface area contributed by atoms with Gasteiger partial charge in [-0.2, -0.15) is 4.98 Å². The predicted molar refractivity (Wildman–Crippen MR) is 64.4 cm³/mol. The third-order valence-electron chi connectivity index (χ3n) is 2.52. The maximum absolute atomic E-state index is 13.1. The van der Waals surface area contributed by atoms with E-state index in [-0.39, 0.29) is 17.7 Å². The van der Waals surface area contributed by atoms with Crippen LogP contribution in [0.15, 0.2) is 33.5 Å². The van der Waals surface area contributed by atoms with Crippen molar-refractivity contribution in [1.29, 1.82) is 0 Å². The van der Waals surface area contributed by atoms with Gasteiger partial charge < -0.3 is 9.15 Å². The highest BCUT2D eigenvalue weighted by Gasteiger charge is 2.11. The third kappa shape index (κ3) is 2.05. The molecule has 0 saturated carbocycles. The molecule has 7 heteroatoms. The summed E-state index contributed by atoms with van der Waals surface area (Å²) in [7, 11) is 1.35. The van der Waals surface area contributed by atoms with Crippen molar-refractivity contribution in [3.05, 3.63) is 40.6 Å². The summed E-state index contributed by atoms with van der Waals surface area (Å²) < 4.78 is 23.4. The van der Waals surface area contributed by atoms with E-state index in [1.165, 1.54) is 25.3 Å². The first-order chi connectivity index (χ1) is 9.15. The molecule has 6 nitrogen and oxygen atoms in total. The Morgan fingerprint density at radius 3 is 2.95 bits per heavy atom. The predicted octanol–water partition coefficient (Wildman–Crippen LogP) is 1.73. The highest BCUT2D eigenvalue weighted by Crippen LogP contribution is 2.25. The molecule has 0 atom stereocenters. The summed E-state index contributed by atoms with van der Waals surface area (Å²) in [4.78, 5) is 21.2. The van der Waals surface area contributed by atoms with Crippen LogP contribution in [-0.4, -0.2) is 22.1 Å². The number of nitrogens with zero attached hydrogens (tertiary/aromatic N) is 2. The summed E-state index contributed by atoms with van der Waals surface area (Å²) in [6.07, 6.45) is 0. The molecule has 0 fully saturated rings. The molecule has 3 rings (SSSR count). The molecule has 0 aliphatic carbocycles. The molecule has 2 heterocycles. The Hall–Kier alpha value is -2.70. The van der Waals surface area contributed by atoms with Gasteiger partial charge in [-0.25, -0.2) is 9.18 Å². The number of aromatic nitrogens is 3. The molecule has 2 aromatic heterocycles. The van der Waals surface area contributed by atoms with Gasteiger partial charge in [-0.15, -0.1) is 4.98 Å². The Morgan fingerprint density at radius 1 is 1.32 bits per heavy atom. The molecule has 0 amide bonds. The zero-order chi connectivity index (χ0) is 13.4. The van der Waals surface area contributed by atoms with Gasteiger partial charge >= 0.3 is 11.7 Å². The maximum Gasteiger partial charge on any atom is 0.351 e. The van der Waals surface area contributed by atoms with Crippen LogP contribution in [0.1, 0.15) is 0 Å². The van der Waals surface area contributed by atoms with Crippen LogP contribution in [-0.2, 0) is 0 Å². The molecule has 1 aromatic carbocycles. The number of ether oxygens (including phenoxy) is 1. The van der Waals surface area contributed by atoms with Crippen LogP contribution in [0.4, 0.5) is 4.39 Å². The Morgan fingerprint density at radius 2 is 2.16 bits per heavy atom. The van der Waals surface area contributed by atoms with Gasteiger partial charge in [-0.3, -0.25) is 4.98 Å². The van der Waals surface area contributed by atoms with E-state index in [2.05, 4.69) is 15.0 Å². The second-order valence-electron chi connectivity index (χ2n) is 3.78. The number of nitrogens with one attached hydrogen (secondary N) is 1. The second kappa shape index (κ2) is 4.20. The quantitative estimate of drug-likeness (QED) is 0.759. The molecular weight excluding hydrogens is 253 g/mol. The number of halogens is 1. The number of fused-ring (bicyclic) bond motifs is 1. The van der Waals surface area contributed by atoms with Gasteiger partial charge in [0.15, 0.2) is 11.6 Å². The van der Waals surface area contributed by atoms with Gasteiger partial charge in [-0.1, -0.05) is 0 Å². The molecule has 0 spiro atoms. The number of hydrogen-bond acceptors (Lipinski definition) is 5. The van der Waals surface area contributed by atoms with Gasteiger partial charge in [0.25, 0.3) is 0 Å². The lowest BCUT2D eigenvalue weighted by Gasteiger charge is -1.98. The molecule has 0 aliphatic rings. The van der Waals surface area contributed by atoms with Gasteiger partial charge in [0, 0.05) is 5.39 Å². The van der Waals surface area contributed by atoms with E-state index in [0.717, 1.165) is 0 Å². The molecule has 0 bridgehead atoms. The molecule has 0 saturated heterocycles. The number of furan rings is 1. The van der Waals surface area contributed by atoms with Crippen LogP contribution in [0.5, 0.6) is 6.01 Å². The number of aromatic amines is 1. The normalized spacial score (nSPS) is 10.8. The average molecular weight is 261 g/mol. The standard InChI is InChI=1S/C12H8FN3O3/c1-18-12-15-10(14-11(17)16-12)9-5-6-4-7(13)2-3-8(6)19-9/h2-5H,1H3,(H,14,15,16,17). The van der Waals surface area contributed by atoms with E-state index < -0.39 is 5.69 Å². The SMILES string of the molecule is COc1nc(-c2cc3cc(F)ccc3o2)[nH]c(=O)n1. The zero-order valence-corrected chi connectivity index (χ0v) is 9.81. The Labute approximate surface area is 105 Å². The summed E-state index contributed by atoms with van der Waals surface area (Å²) >= 11 is 0. The fourth-order valence-corrected chi connectivity index (χ4v) is 1.70. The van der Waals surface area contributed by atoms with Crippen molar-refractivity contribution in [3.8, 4) is 17.6 Å². The van der Waals surface area contributed by atoms with Crippen LogP contribution in [0.25, 0.3) is 22.6 Å². The number of methoxy groups -OCH3 is 1. The van der Waals surface area contributed by atoms with Crippen molar-refractivity contribution in [2.24, 2.45) is 0 Å². The maximum atomic E-state index is 13.1. The van der Waals surface area contributed by atoms with E-state index in [1.807, 2.05) is 0 Å². The molecular formula is C12H8FN3O3. The van der Waals surface area contributed by atoms with Crippen molar-refractivity contribution >= 4 is 11.0 Å². The Kier molecular flexibility index (Phi) is 2.52. The lowest BCUT2D eigenvalue weighted by molar-refractivity contribution is 0.376. The molecule has 0 aliphatic heterocycles. The summed E-state index contributed by atoms with van der Waals surface area (Å²) in [6.45, 7) is 0. The van der Waals surface area contributed by atoms with Crippen LogP contribution in [0.3, 0.4) is 0 Å². The van der Waals surface area contributed by atoms with Crippen LogP contribution in [0.2, 0.25) is 0 Å². The van der Waals surface area contributed by atoms with E-state index in [0.29, 0.717) is 16.7 Å². The number of hydrogen-bond donors (Lipinski definition) is 1. The first kappa shape index (κ1) is 11.4. The molecule has 3 aromatic rings. The average Bonchev–Trinajstić information content (AvgIpc) is 2.80. The van der Waals surface area contributed by atoms with Crippen LogP contribution < -0.4 is 10.4 Å². The van der Waals surface area contributed by atoms with E-state index >= 15 is 0 Å². The Bertz CT molecular complexity index is 809. The zero-order valence-electron chi connectivity index (χ0n) is 9.81. The Balaban J connectivity index is 2.18. The molecule has 96 valence electrons. The van der Waals surface area contributed by atoms with Crippen molar-refractivity contribution in [2.75, 3.05) is 7.11 Å². The summed E-state index contributed by atoms with van der Waals surface area (Å²) in [5.74, 6) is 0.112. The number of H-pyrrole nitrogens is 1. The minimum Gasteiger partial charge on any atom is -0.467 e. The fourth-order valence-electron chi connectivity index (χ4n) is 1.70. The van der Waals surface area contributed by atoms with Gasteiger partial charge in [0.2, 0.25) is 0 Å². The smallest absolute Gasteiger partial charge is 0.351 e. The van der Waals surface area contributed by atoms with Gasteiger partial charge in [-0.05, 0) is 24.3 Å². The van der Waals surface area contributed by atoms with Crippen molar-refractivity contribution in [2.45, 2.75) is 0 Å². The van der Waals surface area contributed by atoms with E-state index in [1.54, 1.807) is 6.07 Å². The van der Waals surface area contributed by atoms with Crippen molar-refractivity contribution < 1.29 is 13.5 Å². The fraction of sp³-hybridized carbons (Fsp3) is 0.0833. The molecule has 0 unspecified atom stereocenters. The van der Waals surface area contributed by atoms with Crippen molar-refractivity contribution in [3.63, 3.8) is 0 Å². The summed E-state index contributed by atoms with van der Waals surface area (Å²) in [5, 5.41) is 0.577. The minimum atomic E-state index is -0.603. The van der Waals surface area contributed by atoms with Crippen LogP contribution in [0, 0.1) is 5.82 Å². The largest absolute Gasteiger partial charge is 0.467 e. The second-order valence-corrected chi connectivity index (χ2v) is 3.78. The first-order valence-electron chi connectivity index (χ1n) is 5.37. The van der Waals surface area contributed by atoms with Crippen LogP contribution >= 0.6 is 0 Å². The van der Waals surface area contributed by atoms with Gasteiger partial charge in [0.1, 0.15) is 11.4 Å². The monoisotopic (exact) mass is 261 g/mol. The lowest BCUT2D eigenvalue weighted by atomic mass is 10.2. The first-order valence-corrected chi connectivity index (χ1v) is 5.37. The highest BCUT2D eigenvalue weighted by atomic mass is 19.1. The lowest BCUT2D eigenvalue weighted by Crippen LogP contribution is -2.14. The van der Waals surface area contributed by atoms with E-state index in [4.69, 9.17) is 9.15 Å². The molecule has 1 N–H and O–H groups in total. The number of benzene rings is 1. The number of rotatable bonds is 2. The van der Waals surface area contributed by atoms with Crippen molar-refractivity contribution in [1.82, 2.24) is 15.0 Å². The van der Waals surface area contributed by atoms with Gasteiger partial charge in [0.05, 0.1) is 7.11 Å². The summed E-state index contributed by atoms with van der Waals surface area (Å²) in [6, 6.07) is 5.64. The minimum absolute atomic E-state index is 0.0645. The van der Waals surface area contributed by atoms with E-state index in [9.17, 15) is 9.18 Å². The molecule has 0 radical (unpaired) electrons. The molecule has 19 heavy (non-hydrogen) atoms. The topological polar surface area (TPSA) is 81.0 Å². The highest BCUT2D eigenvalue weighted by molar-refractivity contribution is 5.81. The summed E-state index contributed by atoms with van der Waals surface area (Å²) in [5.41, 5.74) is -0.108.